The fourth-order valence-electron chi connectivity index (χ4n) is 1.09. The van der Waals surface area contributed by atoms with Crippen LogP contribution >= 0.6 is 15.9 Å². The van der Waals surface area contributed by atoms with Gasteiger partial charge in [0, 0.05) is 23.2 Å². The number of rotatable bonds is 3. The number of anilines is 1. The smallest absolute Gasteiger partial charge is 0.0386 e. The van der Waals surface area contributed by atoms with Gasteiger partial charge in [-0.2, -0.15) is 0 Å². The highest BCUT2D eigenvalue weighted by molar-refractivity contribution is 9.10. The van der Waals surface area contributed by atoms with E-state index in [0.717, 1.165) is 22.3 Å². The van der Waals surface area contributed by atoms with Gasteiger partial charge in [-0.25, -0.2) is 0 Å². The van der Waals surface area contributed by atoms with Crippen LogP contribution in [0.25, 0.3) is 0 Å². The second-order valence-electron chi connectivity index (χ2n) is 2.54. The standard InChI is InChI=1S/C9H13BrN2/c1-2-12-9-4-3-8(10)5-7(9)6-11/h3-5,12H,2,6,11H2,1H3. The second kappa shape index (κ2) is 4.48. The lowest BCUT2D eigenvalue weighted by molar-refractivity contribution is 1.06. The molecule has 3 N–H and O–H groups in total. The van der Waals surface area contributed by atoms with E-state index in [1.807, 2.05) is 18.2 Å². The number of hydrogen-bond donors (Lipinski definition) is 2. The first-order valence-corrected chi connectivity index (χ1v) is 4.79. The molecule has 3 heteroatoms. The van der Waals surface area contributed by atoms with Crippen molar-refractivity contribution in [1.29, 1.82) is 0 Å². The Morgan fingerprint density at radius 1 is 1.50 bits per heavy atom. The molecule has 2 nitrogen and oxygen atoms in total. The lowest BCUT2D eigenvalue weighted by Gasteiger charge is -2.08. The monoisotopic (exact) mass is 228 g/mol. The predicted octanol–water partition coefficient (Wildman–Crippen LogP) is 2.34. The van der Waals surface area contributed by atoms with Crippen LogP contribution in [0, 0.1) is 0 Å². The Morgan fingerprint density at radius 2 is 2.25 bits per heavy atom. The van der Waals surface area contributed by atoms with Gasteiger partial charge < -0.3 is 11.1 Å². The molecular formula is C9H13BrN2. The normalized spacial score (nSPS) is 9.92. The minimum atomic E-state index is 0.571. The zero-order valence-electron chi connectivity index (χ0n) is 7.10. The fraction of sp³-hybridized carbons (Fsp3) is 0.333. The molecular weight excluding hydrogens is 216 g/mol. The number of benzene rings is 1. The van der Waals surface area contributed by atoms with E-state index in [1.54, 1.807) is 0 Å². The van der Waals surface area contributed by atoms with E-state index >= 15 is 0 Å². The summed E-state index contributed by atoms with van der Waals surface area (Å²) in [5.41, 5.74) is 7.86. The largest absolute Gasteiger partial charge is 0.385 e. The van der Waals surface area contributed by atoms with Crippen LogP contribution in [0.3, 0.4) is 0 Å². The van der Waals surface area contributed by atoms with Gasteiger partial charge >= 0.3 is 0 Å². The first-order valence-electron chi connectivity index (χ1n) is 4.00. The summed E-state index contributed by atoms with van der Waals surface area (Å²) in [6, 6.07) is 6.09. The molecule has 1 rings (SSSR count). The molecule has 66 valence electrons. The van der Waals surface area contributed by atoms with Crippen molar-refractivity contribution in [2.24, 2.45) is 5.73 Å². The van der Waals surface area contributed by atoms with E-state index in [1.165, 1.54) is 0 Å². The van der Waals surface area contributed by atoms with Crippen molar-refractivity contribution < 1.29 is 0 Å². The van der Waals surface area contributed by atoms with E-state index in [-0.39, 0.29) is 0 Å². The summed E-state index contributed by atoms with van der Waals surface area (Å²) in [5.74, 6) is 0. The van der Waals surface area contributed by atoms with Crippen LogP contribution in [0.2, 0.25) is 0 Å². The van der Waals surface area contributed by atoms with Crippen molar-refractivity contribution in [3.63, 3.8) is 0 Å². The number of halogens is 1. The zero-order chi connectivity index (χ0) is 8.97. The summed E-state index contributed by atoms with van der Waals surface area (Å²) in [5, 5.41) is 3.25. The van der Waals surface area contributed by atoms with Crippen LogP contribution in [0.5, 0.6) is 0 Å². The molecule has 0 atom stereocenters. The van der Waals surface area contributed by atoms with Crippen LogP contribution < -0.4 is 11.1 Å². The van der Waals surface area contributed by atoms with Crippen LogP contribution in [-0.4, -0.2) is 6.54 Å². The summed E-state index contributed by atoms with van der Waals surface area (Å²) >= 11 is 3.40. The van der Waals surface area contributed by atoms with Crippen molar-refractivity contribution in [2.45, 2.75) is 13.5 Å². The van der Waals surface area contributed by atoms with Crippen molar-refractivity contribution in [3.05, 3.63) is 28.2 Å². The molecule has 1 aromatic rings. The van der Waals surface area contributed by atoms with Gasteiger partial charge in [-0.3, -0.25) is 0 Å². The fourth-order valence-corrected chi connectivity index (χ4v) is 1.50. The van der Waals surface area contributed by atoms with Gasteiger partial charge in [0.2, 0.25) is 0 Å². The Morgan fingerprint density at radius 3 is 2.83 bits per heavy atom. The summed E-state index contributed by atoms with van der Waals surface area (Å²) < 4.78 is 1.07. The number of nitrogens with one attached hydrogen (secondary N) is 1. The third kappa shape index (κ3) is 2.22. The first kappa shape index (κ1) is 9.55. The van der Waals surface area contributed by atoms with E-state index in [2.05, 4.69) is 28.2 Å². The Hall–Kier alpha value is -0.540. The quantitative estimate of drug-likeness (QED) is 0.834. The molecule has 0 bridgehead atoms. The molecule has 0 aliphatic carbocycles. The summed E-state index contributed by atoms with van der Waals surface area (Å²) in [6.45, 7) is 3.57. The molecule has 0 aliphatic rings. The molecule has 12 heavy (non-hydrogen) atoms. The zero-order valence-corrected chi connectivity index (χ0v) is 8.69. The molecule has 0 saturated carbocycles. The van der Waals surface area contributed by atoms with Crippen LogP contribution in [0.15, 0.2) is 22.7 Å². The molecule has 0 unspecified atom stereocenters. The van der Waals surface area contributed by atoms with Gasteiger partial charge in [0.15, 0.2) is 0 Å². The Bertz CT molecular complexity index is 261. The molecule has 0 radical (unpaired) electrons. The van der Waals surface area contributed by atoms with Crippen molar-refractivity contribution in [1.82, 2.24) is 0 Å². The number of hydrogen-bond acceptors (Lipinski definition) is 2. The molecule has 0 saturated heterocycles. The Labute approximate surface area is 81.3 Å². The van der Waals surface area contributed by atoms with E-state index < -0.39 is 0 Å². The maximum atomic E-state index is 5.59. The molecule has 0 aliphatic heterocycles. The average Bonchev–Trinajstić information content (AvgIpc) is 2.08. The van der Waals surface area contributed by atoms with E-state index in [9.17, 15) is 0 Å². The van der Waals surface area contributed by atoms with Crippen molar-refractivity contribution >= 4 is 21.6 Å². The highest BCUT2D eigenvalue weighted by atomic mass is 79.9. The van der Waals surface area contributed by atoms with Crippen molar-refractivity contribution in [3.8, 4) is 0 Å². The predicted molar refractivity (Wildman–Crippen MR) is 56.2 cm³/mol. The molecule has 1 aromatic carbocycles. The molecule has 0 aromatic heterocycles. The second-order valence-corrected chi connectivity index (χ2v) is 3.45. The van der Waals surface area contributed by atoms with Crippen LogP contribution in [0.4, 0.5) is 5.69 Å². The van der Waals surface area contributed by atoms with Crippen LogP contribution in [0.1, 0.15) is 12.5 Å². The first-order chi connectivity index (χ1) is 5.77. The average molecular weight is 229 g/mol. The number of nitrogens with two attached hydrogens (primary N) is 1. The molecule has 0 spiro atoms. The van der Waals surface area contributed by atoms with Gasteiger partial charge in [0.25, 0.3) is 0 Å². The topological polar surface area (TPSA) is 38.0 Å². The summed E-state index contributed by atoms with van der Waals surface area (Å²) in [7, 11) is 0. The minimum Gasteiger partial charge on any atom is -0.385 e. The lowest BCUT2D eigenvalue weighted by Crippen LogP contribution is -2.04. The Kier molecular flexibility index (Phi) is 3.56. The van der Waals surface area contributed by atoms with Gasteiger partial charge in [-0.15, -0.1) is 0 Å². The maximum Gasteiger partial charge on any atom is 0.0386 e. The minimum absolute atomic E-state index is 0.571. The molecule has 0 fully saturated rings. The maximum absolute atomic E-state index is 5.59. The van der Waals surface area contributed by atoms with Crippen molar-refractivity contribution in [2.75, 3.05) is 11.9 Å². The summed E-state index contributed by atoms with van der Waals surface area (Å²) in [6.07, 6.45) is 0. The van der Waals surface area contributed by atoms with E-state index in [4.69, 9.17) is 5.73 Å². The highest BCUT2D eigenvalue weighted by Gasteiger charge is 1.99. The van der Waals surface area contributed by atoms with Gasteiger partial charge in [0.05, 0.1) is 0 Å². The SMILES string of the molecule is CCNc1ccc(Br)cc1CN. The molecule has 0 heterocycles. The third-order valence-corrected chi connectivity index (χ3v) is 2.15. The van der Waals surface area contributed by atoms with Gasteiger partial charge in [-0.1, -0.05) is 15.9 Å². The highest BCUT2D eigenvalue weighted by Crippen LogP contribution is 2.20. The van der Waals surface area contributed by atoms with Gasteiger partial charge in [-0.05, 0) is 30.7 Å². The van der Waals surface area contributed by atoms with Gasteiger partial charge in [0.1, 0.15) is 0 Å². The lowest BCUT2D eigenvalue weighted by atomic mass is 10.2. The summed E-state index contributed by atoms with van der Waals surface area (Å²) in [4.78, 5) is 0. The third-order valence-electron chi connectivity index (χ3n) is 1.65. The Balaban J connectivity index is 2.94. The van der Waals surface area contributed by atoms with Crippen LogP contribution in [-0.2, 0) is 6.54 Å². The molecule has 0 amide bonds. The van der Waals surface area contributed by atoms with E-state index in [0.29, 0.717) is 6.54 Å².